The van der Waals surface area contributed by atoms with E-state index >= 15 is 0 Å². The van der Waals surface area contributed by atoms with E-state index in [9.17, 15) is 14.9 Å². The number of anilines is 1. The van der Waals surface area contributed by atoms with Gasteiger partial charge < -0.3 is 9.73 Å². The Bertz CT molecular complexity index is 678. The first-order chi connectivity index (χ1) is 9.04. The quantitative estimate of drug-likeness (QED) is 0.520. The van der Waals surface area contributed by atoms with Gasteiger partial charge in [-0.25, -0.2) is 4.79 Å². The first-order valence-electron chi connectivity index (χ1n) is 6.01. The number of hydrogen-bond acceptors (Lipinski definition) is 5. The summed E-state index contributed by atoms with van der Waals surface area (Å²) in [5.74, 6) is 0. The maximum Gasteiger partial charge on any atom is 0.417 e. The highest BCUT2D eigenvalue weighted by molar-refractivity contribution is 5.94. The second kappa shape index (κ2) is 5.09. The van der Waals surface area contributed by atoms with Gasteiger partial charge in [0, 0.05) is 11.4 Å². The lowest BCUT2D eigenvalue weighted by Gasteiger charge is -2.14. The minimum absolute atomic E-state index is 0.0175. The van der Waals surface area contributed by atoms with Crippen LogP contribution in [0.15, 0.2) is 33.5 Å². The number of benzene rings is 1. The van der Waals surface area contributed by atoms with Crippen LogP contribution in [0.3, 0.4) is 0 Å². The third-order valence-corrected chi connectivity index (χ3v) is 2.97. The minimum atomic E-state index is -0.936. The van der Waals surface area contributed by atoms with E-state index in [0.29, 0.717) is 11.0 Å². The number of nitrogens with one attached hydrogen (secondary N) is 1. The first kappa shape index (κ1) is 13.1. The fraction of sp³-hybridized carbons (Fsp3) is 0.308. The minimum Gasteiger partial charge on any atom is -0.418 e. The zero-order valence-electron chi connectivity index (χ0n) is 10.7. The molecular weight excluding hydrogens is 248 g/mol. The summed E-state index contributed by atoms with van der Waals surface area (Å²) in [6.45, 7) is 3.85. The van der Waals surface area contributed by atoms with Crippen LogP contribution in [-0.2, 0) is 0 Å². The third-order valence-electron chi connectivity index (χ3n) is 2.97. The molecule has 100 valence electrons. The maximum absolute atomic E-state index is 11.7. The molecule has 0 amide bonds. The van der Waals surface area contributed by atoms with Crippen LogP contribution in [0.2, 0.25) is 0 Å². The fourth-order valence-corrected chi connectivity index (χ4v) is 1.80. The van der Waals surface area contributed by atoms with E-state index in [-0.39, 0.29) is 11.7 Å². The molecular formula is C13H14N2O4. The van der Waals surface area contributed by atoms with Gasteiger partial charge in [-0.05, 0) is 25.5 Å². The molecule has 0 radical (unpaired) electrons. The molecule has 0 saturated heterocycles. The van der Waals surface area contributed by atoms with E-state index < -0.39 is 16.2 Å². The molecule has 1 heterocycles. The zero-order valence-corrected chi connectivity index (χ0v) is 10.7. The van der Waals surface area contributed by atoms with Crippen molar-refractivity contribution in [1.29, 1.82) is 0 Å². The summed E-state index contributed by atoms with van der Waals surface area (Å²) in [5.41, 5.74) is -0.913. The predicted molar refractivity (Wildman–Crippen MR) is 72.5 cm³/mol. The summed E-state index contributed by atoms with van der Waals surface area (Å²) in [7, 11) is 0. The van der Waals surface area contributed by atoms with E-state index in [2.05, 4.69) is 5.32 Å². The first-order valence-corrected chi connectivity index (χ1v) is 6.01. The lowest BCUT2D eigenvalue weighted by atomic mass is 10.1. The van der Waals surface area contributed by atoms with Crippen molar-refractivity contribution >= 4 is 22.3 Å². The van der Waals surface area contributed by atoms with Crippen LogP contribution in [-0.4, -0.2) is 11.0 Å². The van der Waals surface area contributed by atoms with Crippen molar-refractivity contribution in [2.24, 2.45) is 0 Å². The number of nitrogens with zero attached hydrogens (tertiary/aromatic N) is 1. The van der Waals surface area contributed by atoms with Crippen LogP contribution in [0.4, 0.5) is 11.4 Å². The van der Waals surface area contributed by atoms with Crippen molar-refractivity contribution in [2.45, 2.75) is 26.3 Å². The number of fused-ring (bicyclic) bond motifs is 1. The van der Waals surface area contributed by atoms with Crippen molar-refractivity contribution in [1.82, 2.24) is 0 Å². The monoisotopic (exact) mass is 262 g/mol. The summed E-state index contributed by atoms with van der Waals surface area (Å²) < 4.78 is 4.97. The van der Waals surface area contributed by atoms with Gasteiger partial charge in [-0.3, -0.25) is 10.1 Å². The van der Waals surface area contributed by atoms with Crippen molar-refractivity contribution in [3.05, 3.63) is 44.8 Å². The molecule has 2 rings (SSSR count). The topological polar surface area (TPSA) is 85.4 Å². The molecule has 0 saturated carbocycles. The van der Waals surface area contributed by atoms with Gasteiger partial charge in [-0.2, -0.15) is 0 Å². The summed E-state index contributed by atoms with van der Waals surface area (Å²) >= 11 is 0. The predicted octanol–water partition coefficient (Wildman–Crippen LogP) is 2.91. The Hall–Kier alpha value is -2.37. The molecule has 0 fully saturated rings. The molecule has 6 heteroatoms. The van der Waals surface area contributed by atoms with Crippen LogP contribution in [0.25, 0.3) is 11.0 Å². The number of rotatable bonds is 4. The van der Waals surface area contributed by atoms with Gasteiger partial charge in [0.05, 0.1) is 4.92 Å². The van der Waals surface area contributed by atoms with Crippen molar-refractivity contribution in [3.8, 4) is 0 Å². The summed E-state index contributed by atoms with van der Waals surface area (Å²) in [5, 5.41) is 14.6. The fourth-order valence-electron chi connectivity index (χ4n) is 1.80. The zero-order chi connectivity index (χ0) is 14.0. The third kappa shape index (κ3) is 2.42. The van der Waals surface area contributed by atoms with Crippen LogP contribution in [0.5, 0.6) is 0 Å². The highest BCUT2D eigenvalue weighted by atomic mass is 16.6. The molecule has 19 heavy (non-hydrogen) atoms. The molecule has 1 unspecified atom stereocenters. The molecule has 2 aromatic rings. The van der Waals surface area contributed by atoms with Gasteiger partial charge in [0.15, 0.2) is 0 Å². The molecule has 0 aliphatic carbocycles. The van der Waals surface area contributed by atoms with Crippen LogP contribution >= 0.6 is 0 Å². The van der Waals surface area contributed by atoms with Gasteiger partial charge in [0.1, 0.15) is 11.3 Å². The average molecular weight is 262 g/mol. The van der Waals surface area contributed by atoms with Gasteiger partial charge in [-0.15, -0.1) is 0 Å². The van der Waals surface area contributed by atoms with E-state index in [0.717, 1.165) is 6.42 Å². The van der Waals surface area contributed by atoms with Crippen molar-refractivity contribution < 1.29 is 9.34 Å². The number of nitro groups is 1. The molecule has 0 spiro atoms. The highest BCUT2D eigenvalue weighted by Gasteiger charge is 2.25. The maximum atomic E-state index is 11.7. The molecule has 1 atom stereocenters. The summed E-state index contributed by atoms with van der Waals surface area (Å²) in [6.07, 6.45) is 0.783. The van der Waals surface area contributed by atoms with Gasteiger partial charge in [-0.1, -0.05) is 19.1 Å². The van der Waals surface area contributed by atoms with E-state index in [1.807, 2.05) is 13.8 Å². The molecule has 0 aliphatic rings. The second-order valence-electron chi connectivity index (χ2n) is 4.32. The number of hydrogen-bond donors (Lipinski definition) is 1. The van der Waals surface area contributed by atoms with Crippen molar-refractivity contribution in [2.75, 3.05) is 5.32 Å². The molecule has 0 aliphatic heterocycles. The number of para-hydroxylation sites is 1. The van der Waals surface area contributed by atoms with E-state index in [1.54, 1.807) is 24.3 Å². The Kier molecular flexibility index (Phi) is 3.50. The highest BCUT2D eigenvalue weighted by Crippen LogP contribution is 2.30. The van der Waals surface area contributed by atoms with Gasteiger partial charge in [0.25, 0.3) is 0 Å². The molecule has 6 nitrogen and oxygen atoms in total. The molecule has 0 bridgehead atoms. The van der Waals surface area contributed by atoms with Crippen LogP contribution < -0.4 is 10.9 Å². The van der Waals surface area contributed by atoms with Crippen LogP contribution in [0, 0.1) is 10.1 Å². The average Bonchev–Trinajstić information content (AvgIpc) is 2.37. The lowest BCUT2D eigenvalue weighted by molar-refractivity contribution is -0.386. The van der Waals surface area contributed by atoms with Gasteiger partial charge >= 0.3 is 11.3 Å². The molecule has 1 N–H and O–H groups in total. The Morgan fingerprint density at radius 1 is 1.42 bits per heavy atom. The second-order valence-corrected chi connectivity index (χ2v) is 4.32. The van der Waals surface area contributed by atoms with E-state index in [1.165, 1.54) is 0 Å². The Labute approximate surface area is 109 Å². The Balaban J connectivity index is 2.76. The SMILES string of the molecule is CCC(C)Nc1c([N+](=O)[O-])c(=O)oc2ccccc12. The Morgan fingerprint density at radius 2 is 2.11 bits per heavy atom. The van der Waals surface area contributed by atoms with Crippen molar-refractivity contribution in [3.63, 3.8) is 0 Å². The largest absolute Gasteiger partial charge is 0.418 e. The van der Waals surface area contributed by atoms with Crippen LogP contribution in [0.1, 0.15) is 20.3 Å². The lowest BCUT2D eigenvalue weighted by Crippen LogP contribution is -2.18. The molecule has 1 aromatic carbocycles. The smallest absolute Gasteiger partial charge is 0.417 e. The van der Waals surface area contributed by atoms with E-state index in [4.69, 9.17) is 4.42 Å². The van der Waals surface area contributed by atoms with Gasteiger partial charge in [0.2, 0.25) is 0 Å². The molecule has 1 aromatic heterocycles. The normalized spacial score (nSPS) is 12.3. The standard InChI is InChI=1S/C13H14N2O4/c1-3-8(2)14-11-9-6-4-5-7-10(9)19-13(16)12(11)15(17)18/h4-8,14H,3H2,1-2H3. The Morgan fingerprint density at radius 3 is 2.74 bits per heavy atom. The summed E-state index contributed by atoms with van der Waals surface area (Å²) in [4.78, 5) is 22.1. The summed E-state index contributed by atoms with van der Waals surface area (Å²) in [6, 6.07) is 6.78.